The number of hydrogen-bond acceptors (Lipinski definition) is 6. The van der Waals surface area contributed by atoms with E-state index in [9.17, 15) is 8.42 Å². The third-order valence-electron chi connectivity index (χ3n) is 2.27. The van der Waals surface area contributed by atoms with Crippen LogP contribution in [0.5, 0.6) is 0 Å². The molecule has 1 aromatic heterocycles. The molecule has 0 atom stereocenters. The lowest BCUT2D eigenvalue weighted by molar-refractivity contribution is 0.598. The minimum Gasteiger partial charge on any atom is -0.397 e. The third-order valence-corrected chi connectivity index (χ3v) is 3.96. The second kappa shape index (κ2) is 4.92. The predicted octanol–water partition coefficient (Wildman–Crippen LogP) is 0.985. The first-order valence-corrected chi connectivity index (χ1v) is 7.44. The molecule has 2 aromatic rings. The van der Waals surface area contributed by atoms with E-state index in [0.717, 1.165) is 5.01 Å². The summed E-state index contributed by atoms with van der Waals surface area (Å²) in [4.78, 5) is 4.13. The van der Waals surface area contributed by atoms with E-state index in [0.29, 0.717) is 17.9 Å². The van der Waals surface area contributed by atoms with Gasteiger partial charge < -0.3 is 11.1 Å². The summed E-state index contributed by atoms with van der Waals surface area (Å²) in [5.74, 6) is 0. The maximum atomic E-state index is 11.2. The minimum atomic E-state index is -3.72. The average Bonchev–Trinajstić information content (AvgIpc) is 2.79. The molecule has 0 unspecified atom stereocenters. The Morgan fingerprint density at radius 2 is 2.17 bits per heavy atom. The van der Waals surface area contributed by atoms with Crippen LogP contribution in [-0.2, 0) is 16.6 Å². The van der Waals surface area contributed by atoms with Crippen LogP contribution in [0.2, 0.25) is 0 Å². The Kier molecular flexibility index (Phi) is 3.50. The Morgan fingerprint density at radius 1 is 1.39 bits per heavy atom. The maximum Gasteiger partial charge on any atom is 0.238 e. The van der Waals surface area contributed by atoms with Gasteiger partial charge in [0.25, 0.3) is 0 Å². The van der Waals surface area contributed by atoms with Gasteiger partial charge in [0.2, 0.25) is 10.0 Å². The minimum absolute atomic E-state index is 0.0262. The van der Waals surface area contributed by atoms with Gasteiger partial charge in [0.05, 0.1) is 22.8 Å². The quantitative estimate of drug-likeness (QED) is 0.725. The first-order valence-electron chi connectivity index (χ1n) is 5.01. The number of nitrogen functional groups attached to an aromatic ring is 1. The molecule has 0 saturated carbocycles. The summed E-state index contributed by atoms with van der Waals surface area (Å²) in [5.41, 5.74) is 6.74. The van der Waals surface area contributed by atoms with Gasteiger partial charge in [0.15, 0.2) is 0 Å². The lowest BCUT2D eigenvalue weighted by atomic mass is 10.2. The van der Waals surface area contributed by atoms with Crippen molar-refractivity contribution in [1.82, 2.24) is 4.98 Å². The molecule has 0 saturated heterocycles. The van der Waals surface area contributed by atoms with Gasteiger partial charge in [-0.2, -0.15) is 0 Å². The van der Waals surface area contributed by atoms with E-state index in [1.807, 2.05) is 5.38 Å². The van der Waals surface area contributed by atoms with Crippen LogP contribution in [-0.4, -0.2) is 13.4 Å². The number of rotatable bonds is 4. The number of anilines is 2. The second-order valence-corrected chi connectivity index (χ2v) is 6.11. The molecular weight excluding hydrogens is 272 g/mol. The van der Waals surface area contributed by atoms with Crippen molar-refractivity contribution in [3.8, 4) is 0 Å². The largest absolute Gasteiger partial charge is 0.397 e. The first-order chi connectivity index (χ1) is 8.47. The number of nitrogens with zero attached hydrogens (tertiary/aromatic N) is 1. The summed E-state index contributed by atoms with van der Waals surface area (Å²) < 4.78 is 22.5. The summed E-state index contributed by atoms with van der Waals surface area (Å²) in [7, 11) is -3.72. The topological polar surface area (TPSA) is 111 Å². The molecule has 0 aliphatic heterocycles. The number of hydrogen-bond donors (Lipinski definition) is 3. The summed E-state index contributed by atoms with van der Waals surface area (Å²) >= 11 is 1.50. The lowest BCUT2D eigenvalue weighted by Crippen LogP contribution is -2.13. The lowest BCUT2D eigenvalue weighted by Gasteiger charge is -2.09. The van der Waals surface area contributed by atoms with Gasteiger partial charge >= 0.3 is 0 Å². The van der Waals surface area contributed by atoms with Gasteiger partial charge in [-0.25, -0.2) is 18.5 Å². The van der Waals surface area contributed by atoms with E-state index in [2.05, 4.69) is 10.3 Å². The van der Waals surface area contributed by atoms with Gasteiger partial charge in [-0.15, -0.1) is 11.3 Å². The molecule has 0 radical (unpaired) electrons. The molecule has 18 heavy (non-hydrogen) atoms. The SMILES string of the molecule is Nc1ccc(S(N)(=O)=O)cc1NCc1nccs1. The van der Waals surface area contributed by atoms with E-state index >= 15 is 0 Å². The molecule has 0 fully saturated rings. The van der Waals surface area contributed by atoms with Crippen LogP contribution in [0.3, 0.4) is 0 Å². The van der Waals surface area contributed by atoms with E-state index in [1.54, 1.807) is 6.20 Å². The Morgan fingerprint density at radius 3 is 2.78 bits per heavy atom. The molecular formula is C10H12N4O2S2. The normalized spacial score (nSPS) is 11.4. The van der Waals surface area contributed by atoms with Crippen LogP contribution in [0.1, 0.15) is 5.01 Å². The molecule has 0 aliphatic rings. The molecule has 6 nitrogen and oxygen atoms in total. The molecule has 0 amide bonds. The Balaban J connectivity index is 2.22. The highest BCUT2D eigenvalue weighted by atomic mass is 32.2. The van der Waals surface area contributed by atoms with Gasteiger partial charge in [-0.1, -0.05) is 0 Å². The van der Waals surface area contributed by atoms with Crippen molar-refractivity contribution in [2.75, 3.05) is 11.1 Å². The van der Waals surface area contributed by atoms with E-state index in [1.165, 1.54) is 29.5 Å². The fourth-order valence-electron chi connectivity index (χ4n) is 1.38. The Labute approximate surface area is 109 Å². The summed E-state index contributed by atoms with van der Waals surface area (Å²) in [6.45, 7) is 0.482. The van der Waals surface area contributed by atoms with Crippen molar-refractivity contribution in [2.24, 2.45) is 5.14 Å². The molecule has 1 aromatic carbocycles. The highest BCUT2D eigenvalue weighted by molar-refractivity contribution is 7.89. The molecule has 0 aliphatic carbocycles. The molecule has 0 spiro atoms. The van der Waals surface area contributed by atoms with Crippen molar-refractivity contribution >= 4 is 32.7 Å². The number of aromatic nitrogens is 1. The number of benzene rings is 1. The number of nitrogens with one attached hydrogen (secondary N) is 1. The average molecular weight is 284 g/mol. The van der Waals surface area contributed by atoms with Crippen LogP contribution in [0.25, 0.3) is 0 Å². The number of primary sulfonamides is 1. The Bertz CT molecular complexity index is 638. The van der Waals surface area contributed by atoms with E-state index in [4.69, 9.17) is 10.9 Å². The standard InChI is InChI=1S/C10H12N4O2S2/c11-8-2-1-7(18(12,15)16)5-9(8)14-6-10-13-3-4-17-10/h1-5,14H,6,11H2,(H2,12,15,16). The first kappa shape index (κ1) is 12.8. The molecule has 0 bridgehead atoms. The van der Waals surface area contributed by atoms with Crippen LogP contribution in [0.4, 0.5) is 11.4 Å². The van der Waals surface area contributed by atoms with Crippen LogP contribution in [0, 0.1) is 0 Å². The maximum absolute atomic E-state index is 11.2. The van der Waals surface area contributed by atoms with E-state index < -0.39 is 10.0 Å². The van der Waals surface area contributed by atoms with Gasteiger partial charge in [-0.05, 0) is 18.2 Å². The second-order valence-electron chi connectivity index (χ2n) is 3.57. The fraction of sp³-hybridized carbons (Fsp3) is 0.100. The van der Waals surface area contributed by atoms with Crippen molar-refractivity contribution in [3.05, 3.63) is 34.8 Å². The van der Waals surface area contributed by atoms with Crippen molar-refractivity contribution in [3.63, 3.8) is 0 Å². The summed E-state index contributed by atoms with van der Waals surface area (Å²) in [5, 5.41) is 10.8. The van der Waals surface area contributed by atoms with Crippen LogP contribution < -0.4 is 16.2 Å². The number of sulfonamides is 1. The molecule has 5 N–H and O–H groups in total. The zero-order valence-electron chi connectivity index (χ0n) is 9.33. The van der Waals surface area contributed by atoms with E-state index in [-0.39, 0.29) is 4.90 Å². The Hall–Kier alpha value is -1.64. The van der Waals surface area contributed by atoms with Gasteiger partial charge in [-0.3, -0.25) is 0 Å². The predicted molar refractivity (Wildman–Crippen MR) is 71.7 cm³/mol. The fourth-order valence-corrected chi connectivity index (χ4v) is 2.47. The van der Waals surface area contributed by atoms with Crippen LogP contribution >= 0.6 is 11.3 Å². The molecule has 2 rings (SSSR count). The van der Waals surface area contributed by atoms with Crippen molar-refractivity contribution in [1.29, 1.82) is 0 Å². The highest BCUT2D eigenvalue weighted by Gasteiger charge is 2.10. The van der Waals surface area contributed by atoms with Crippen LogP contribution in [0.15, 0.2) is 34.7 Å². The zero-order chi connectivity index (χ0) is 13.2. The number of nitrogens with two attached hydrogens (primary N) is 2. The molecule has 1 heterocycles. The summed E-state index contributed by atoms with van der Waals surface area (Å²) in [6.07, 6.45) is 1.70. The number of thiazole rings is 1. The monoisotopic (exact) mass is 284 g/mol. The summed E-state index contributed by atoms with van der Waals surface area (Å²) in [6, 6.07) is 4.29. The third kappa shape index (κ3) is 2.97. The van der Waals surface area contributed by atoms with Crippen molar-refractivity contribution < 1.29 is 8.42 Å². The van der Waals surface area contributed by atoms with Gasteiger partial charge in [0.1, 0.15) is 5.01 Å². The molecule has 8 heteroatoms. The smallest absolute Gasteiger partial charge is 0.238 e. The highest BCUT2D eigenvalue weighted by Crippen LogP contribution is 2.23. The zero-order valence-corrected chi connectivity index (χ0v) is 11.0. The van der Waals surface area contributed by atoms with Crippen molar-refractivity contribution in [2.45, 2.75) is 11.4 Å². The molecule has 96 valence electrons. The van der Waals surface area contributed by atoms with Gasteiger partial charge in [0, 0.05) is 11.6 Å².